The lowest BCUT2D eigenvalue weighted by Gasteiger charge is -2.26. The Bertz CT molecular complexity index is 3650. The summed E-state index contributed by atoms with van der Waals surface area (Å²) < 4.78 is 169. The molecule has 1 heterocycles. The zero-order valence-corrected chi connectivity index (χ0v) is 36.0. The summed E-state index contributed by atoms with van der Waals surface area (Å²) in [6.45, 7) is 0. The van der Waals surface area contributed by atoms with Gasteiger partial charge in [0, 0.05) is 34.1 Å². The number of rotatable bonds is 14. The van der Waals surface area contributed by atoms with Gasteiger partial charge in [-0.1, -0.05) is 66.7 Å². The summed E-state index contributed by atoms with van der Waals surface area (Å²) in [5, 5.41) is 1.69. The number of carbonyl (C=O) groups excluding carboxylic acids is 3. The molecule has 332 valence electrons. The van der Waals surface area contributed by atoms with Gasteiger partial charge < -0.3 is 10.3 Å². The fraction of sp³-hybridized carbons (Fsp3) is 0.0769. The molecule has 0 spiro atoms. The molecule has 0 saturated heterocycles. The van der Waals surface area contributed by atoms with Gasteiger partial charge in [-0.15, -0.1) is 0 Å². The second kappa shape index (κ2) is 16.1. The van der Waals surface area contributed by atoms with Crippen LogP contribution in [0, 0.1) is 0 Å². The average Bonchev–Trinajstić information content (AvgIpc) is 3.21. The highest BCUT2D eigenvalue weighted by Gasteiger charge is 2.37. The molecule has 5 aromatic carbocycles. The molecule has 0 aliphatic heterocycles. The third kappa shape index (κ3) is 8.54. The first-order chi connectivity index (χ1) is 29.7. The summed E-state index contributed by atoms with van der Waals surface area (Å²) in [4.78, 5) is 51.2. The number of H-pyrrole nitrogens is 1. The van der Waals surface area contributed by atoms with Gasteiger partial charge in [-0.05, 0) is 42.3 Å². The molecule has 0 saturated carbocycles. The molecule has 1 aromatic heterocycles. The standard InChI is InChI=1S/C39H28N2O18S5/c42-27(21-10-6-11-22(16-21)61(48,49)50)14-7-15-60(46,47)23-17-28(62(51,52)53)35(29(18-23)63(54,55)56)40-26-19-30(64(57,58)59)36-33-31(24-12-4-5-13-25(24)38(44)32(26)33)34(39(45)41-36)37(43)20-8-2-1-3-9-20/h1-6,8-13,16-19,40H,7,14-15H2,(H,41,45)(H,48,49,50)(H,51,52,53)(H,54,55,56)(H,57,58,59). The molecule has 64 heavy (non-hydrogen) atoms. The largest absolute Gasteiger partial charge is 0.353 e. The van der Waals surface area contributed by atoms with E-state index in [9.17, 15) is 79.5 Å². The zero-order valence-electron chi connectivity index (χ0n) is 31.9. The second-order valence-electron chi connectivity index (χ2n) is 14.0. The Morgan fingerprint density at radius 2 is 1.14 bits per heavy atom. The van der Waals surface area contributed by atoms with Gasteiger partial charge in [0.05, 0.1) is 43.6 Å². The van der Waals surface area contributed by atoms with Gasteiger partial charge in [-0.2, -0.15) is 33.7 Å². The van der Waals surface area contributed by atoms with Gasteiger partial charge in [-0.3, -0.25) is 37.4 Å². The van der Waals surface area contributed by atoms with Gasteiger partial charge in [0.25, 0.3) is 46.0 Å². The number of Topliss-reactive ketones (excluding diaryl/α,β-unsaturated/α-hetero) is 1. The minimum Gasteiger partial charge on any atom is -0.353 e. The van der Waals surface area contributed by atoms with Gasteiger partial charge in [-0.25, -0.2) is 8.42 Å². The summed E-state index contributed by atoms with van der Waals surface area (Å²) in [6.07, 6.45) is -1.14. The van der Waals surface area contributed by atoms with Crippen LogP contribution < -0.4 is 10.9 Å². The summed E-state index contributed by atoms with van der Waals surface area (Å²) >= 11 is 0. The van der Waals surface area contributed by atoms with Crippen LogP contribution in [0.2, 0.25) is 0 Å². The maximum Gasteiger partial charge on any atom is 0.296 e. The molecule has 0 amide bonds. The number of hydrogen-bond acceptors (Lipinski definition) is 15. The van der Waals surface area contributed by atoms with E-state index in [2.05, 4.69) is 10.3 Å². The molecule has 25 heteroatoms. The Labute approximate surface area is 362 Å². The number of aromatic nitrogens is 1. The van der Waals surface area contributed by atoms with Crippen molar-refractivity contribution in [3.8, 4) is 11.1 Å². The van der Waals surface area contributed by atoms with Gasteiger partial charge >= 0.3 is 0 Å². The maximum atomic E-state index is 14.4. The number of fused-ring (bicyclic) bond motifs is 2. The SMILES string of the molecule is O=C(CCCS(=O)(=O)c1cc(S(=O)(=O)O)c(Nc2cc(S(=O)(=O)O)c3[nH]c(=O)c(C(=O)c4ccccc4)c4c3c2C(=O)c2ccccc2-4)c(S(=O)(=O)O)c1)c1cccc(S(=O)(=O)O)c1. The fourth-order valence-corrected chi connectivity index (χ4v) is 11.3. The first-order valence-corrected chi connectivity index (χ1v) is 25.3. The third-order valence-corrected chi connectivity index (χ3v) is 15.2. The van der Waals surface area contributed by atoms with Crippen LogP contribution in [-0.4, -0.2) is 88.4 Å². The highest BCUT2D eigenvalue weighted by atomic mass is 32.2. The van der Waals surface area contributed by atoms with Crippen molar-refractivity contribution in [2.24, 2.45) is 0 Å². The highest BCUT2D eigenvalue weighted by Crippen LogP contribution is 2.47. The van der Waals surface area contributed by atoms with Crippen molar-refractivity contribution in [2.45, 2.75) is 37.3 Å². The van der Waals surface area contributed by atoms with Crippen molar-refractivity contribution in [1.82, 2.24) is 4.98 Å². The lowest BCUT2D eigenvalue weighted by Crippen LogP contribution is -2.25. The quantitative estimate of drug-likeness (QED) is 0.0658. The molecule has 0 bridgehead atoms. The molecule has 0 atom stereocenters. The van der Waals surface area contributed by atoms with Crippen molar-refractivity contribution in [3.05, 3.63) is 135 Å². The number of hydrogen-bond donors (Lipinski definition) is 6. The third-order valence-electron chi connectivity index (χ3n) is 9.95. The summed E-state index contributed by atoms with van der Waals surface area (Å²) in [5.41, 5.74) is -6.33. The molecule has 6 aromatic rings. The molecule has 0 fully saturated rings. The highest BCUT2D eigenvalue weighted by molar-refractivity contribution is 7.91. The van der Waals surface area contributed by atoms with Gasteiger partial charge in [0.1, 0.15) is 14.7 Å². The van der Waals surface area contributed by atoms with Crippen LogP contribution >= 0.6 is 0 Å². The molecule has 1 aliphatic carbocycles. The van der Waals surface area contributed by atoms with E-state index in [4.69, 9.17) is 0 Å². The van der Waals surface area contributed by atoms with Gasteiger partial charge in [0.15, 0.2) is 27.2 Å². The van der Waals surface area contributed by atoms with E-state index in [1.165, 1.54) is 54.6 Å². The average molecular weight is 973 g/mol. The summed E-state index contributed by atoms with van der Waals surface area (Å²) in [6, 6.07) is 17.7. The number of aromatic amines is 1. The Hall–Kier alpha value is -6.29. The minimum atomic E-state index is -5.79. The van der Waals surface area contributed by atoms with Crippen molar-refractivity contribution in [2.75, 3.05) is 11.1 Å². The van der Waals surface area contributed by atoms with Crippen molar-refractivity contribution >= 4 is 89.9 Å². The zero-order chi connectivity index (χ0) is 46.9. The predicted molar refractivity (Wildman–Crippen MR) is 224 cm³/mol. The topological polar surface area (TPSA) is 348 Å². The van der Waals surface area contributed by atoms with E-state index < -0.39 is 150 Å². The summed E-state index contributed by atoms with van der Waals surface area (Å²) in [5.74, 6) is -3.76. The minimum absolute atomic E-state index is 0.0356. The normalized spacial score (nSPS) is 13.1. The number of ketones is 3. The van der Waals surface area contributed by atoms with E-state index in [0.29, 0.717) is 6.07 Å². The van der Waals surface area contributed by atoms with Crippen molar-refractivity contribution in [1.29, 1.82) is 0 Å². The molecule has 20 nitrogen and oxygen atoms in total. The number of benzene rings is 5. The molecule has 7 rings (SSSR count). The summed E-state index contributed by atoms with van der Waals surface area (Å²) in [7, 11) is -26.7. The van der Waals surface area contributed by atoms with Crippen molar-refractivity contribution in [3.63, 3.8) is 0 Å². The van der Waals surface area contributed by atoms with E-state index >= 15 is 0 Å². The Balaban J connectivity index is 1.43. The first kappa shape index (κ1) is 45.7. The van der Waals surface area contributed by atoms with E-state index in [1.54, 1.807) is 6.07 Å². The molecular formula is C39H28N2O18S5. The van der Waals surface area contributed by atoms with Crippen LogP contribution in [0.1, 0.15) is 55.0 Å². The number of pyridine rings is 1. The van der Waals surface area contributed by atoms with E-state index in [1.807, 2.05) is 0 Å². The molecular weight excluding hydrogens is 945 g/mol. The second-order valence-corrected chi connectivity index (χ2v) is 21.7. The van der Waals surface area contributed by atoms with Crippen LogP contribution in [0.5, 0.6) is 0 Å². The molecule has 1 aliphatic rings. The Morgan fingerprint density at radius 1 is 0.578 bits per heavy atom. The van der Waals surface area contributed by atoms with Gasteiger partial charge in [0.2, 0.25) is 0 Å². The van der Waals surface area contributed by atoms with Crippen LogP contribution in [0.4, 0.5) is 11.4 Å². The van der Waals surface area contributed by atoms with E-state index in [-0.39, 0.29) is 39.9 Å². The first-order valence-electron chi connectivity index (χ1n) is 17.9. The Kier molecular flexibility index (Phi) is 11.5. The van der Waals surface area contributed by atoms with E-state index in [0.717, 1.165) is 18.2 Å². The number of anilines is 2. The predicted octanol–water partition coefficient (Wildman–Crippen LogP) is 4.14. The number of carbonyl (C=O) groups is 3. The van der Waals surface area contributed by atoms with Crippen LogP contribution in [0.3, 0.4) is 0 Å². The van der Waals surface area contributed by atoms with Crippen LogP contribution in [-0.2, 0) is 50.3 Å². The Morgan fingerprint density at radius 3 is 1.72 bits per heavy atom. The maximum absolute atomic E-state index is 14.4. The monoisotopic (exact) mass is 972 g/mol. The van der Waals surface area contributed by atoms with Crippen LogP contribution in [0.15, 0.2) is 126 Å². The number of sulfone groups is 1. The fourth-order valence-electron chi connectivity index (χ4n) is 7.16. The smallest absolute Gasteiger partial charge is 0.296 e. The lowest BCUT2D eigenvalue weighted by molar-refractivity contribution is 0.0979. The van der Waals surface area contributed by atoms with Crippen LogP contribution in [0.25, 0.3) is 22.0 Å². The molecule has 6 N–H and O–H groups in total. The molecule has 0 radical (unpaired) electrons. The number of nitrogens with one attached hydrogen (secondary N) is 2. The molecule has 0 unspecified atom stereocenters. The lowest BCUT2D eigenvalue weighted by atomic mass is 9.80. The van der Waals surface area contributed by atoms with Crippen molar-refractivity contribution < 1.29 is 74.7 Å².